The highest BCUT2D eigenvalue weighted by atomic mass is 19.3. The highest BCUT2D eigenvalue weighted by Gasteiger charge is 2.42. The first-order valence-electron chi connectivity index (χ1n) is 7.75. The molecule has 0 bridgehead atoms. The summed E-state index contributed by atoms with van der Waals surface area (Å²) in [6.07, 6.45) is 6.23. The van der Waals surface area contributed by atoms with Gasteiger partial charge in [-0.2, -0.15) is 0 Å². The van der Waals surface area contributed by atoms with Crippen LogP contribution in [0.4, 0.5) is 8.78 Å². The molecule has 2 aliphatic carbocycles. The second-order valence-corrected chi connectivity index (χ2v) is 7.25. The third-order valence-electron chi connectivity index (χ3n) is 5.48. The van der Waals surface area contributed by atoms with Gasteiger partial charge in [-0.25, -0.2) is 8.78 Å². The maximum absolute atomic E-state index is 13.2. The first kappa shape index (κ1) is 14.3. The summed E-state index contributed by atoms with van der Waals surface area (Å²) in [6, 6.07) is 0. The summed E-state index contributed by atoms with van der Waals surface area (Å²) in [5, 5.41) is 0. The normalized spacial score (nSPS) is 37.3. The lowest BCUT2D eigenvalue weighted by atomic mass is 9.83. The third kappa shape index (κ3) is 3.45. The summed E-state index contributed by atoms with van der Waals surface area (Å²) in [7, 11) is 0. The Morgan fingerprint density at radius 2 is 1.78 bits per heavy atom. The van der Waals surface area contributed by atoms with Crippen molar-refractivity contribution in [3.63, 3.8) is 0 Å². The SMILES string of the molecule is CC(C)C1CCC(CC(C)C2CCC(F)(F)C2)C1. The van der Waals surface area contributed by atoms with E-state index in [1.54, 1.807) is 0 Å². The van der Waals surface area contributed by atoms with Gasteiger partial charge in [-0.3, -0.25) is 0 Å². The van der Waals surface area contributed by atoms with Gasteiger partial charge in [0.2, 0.25) is 5.92 Å². The molecule has 0 aromatic carbocycles. The van der Waals surface area contributed by atoms with E-state index in [4.69, 9.17) is 0 Å². The van der Waals surface area contributed by atoms with Crippen molar-refractivity contribution >= 4 is 0 Å². The molecule has 2 aliphatic rings. The predicted octanol–water partition coefficient (Wildman–Crippen LogP) is 5.52. The fourth-order valence-corrected chi connectivity index (χ4v) is 4.12. The van der Waals surface area contributed by atoms with Crippen LogP contribution < -0.4 is 0 Å². The van der Waals surface area contributed by atoms with E-state index in [9.17, 15) is 8.78 Å². The number of alkyl halides is 2. The lowest BCUT2D eigenvalue weighted by Crippen LogP contribution is -2.16. The molecular weight excluding hydrogens is 230 g/mol. The summed E-state index contributed by atoms with van der Waals surface area (Å²) in [5.74, 6) is 0.886. The van der Waals surface area contributed by atoms with E-state index in [0.717, 1.165) is 24.2 Å². The van der Waals surface area contributed by atoms with Crippen LogP contribution in [-0.2, 0) is 0 Å². The Labute approximate surface area is 111 Å². The first-order valence-corrected chi connectivity index (χ1v) is 7.75. The molecule has 18 heavy (non-hydrogen) atoms. The van der Waals surface area contributed by atoms with Crippen molar-refractivity contribution in [2.24, 2.45) is 29.6 Å². The fourth-order valence-electron chi connectivity index (χ4n) is 4.12. The van der Waals surface area contributed by atoms with Crippen LogP contribution in [0, 0.1) is 29.6 Å². The third-order valence-corrected chi connectivity index (χ3v) is 5.48. The van der Waals surface area contributed by atoms with E-state index in [2.05, 4.69) is 20.8 Å². The van der Waals surface area contributed by atoms with E-state index in [-0.39, 0.29) is 18.8 Å². The van der Waals surface area contributed by atoms with Gasteiger partial charge in [0.05, 0.1) is 0 Å². The molecule has 0 aliphatic heterocycles. The average Bonchev–Trinajstić information content (AvgIpc) is 2.84. The van der Waals surface area contributed by atoms with E-state index in [1.165, 1.54) is 25.7 Å². The molecule has 2 saturated carbocycles. The van der Waals surface area contributed by atoms with Crippen LogP contribution in [0.1, 0.15) is 65.7 Å². The zero-order valence-corrected chi connectivity index (χ0v) is 12.1. The van der Waals surface area contributed by atoms with Crippen molar-refractivity contribution in [2.75, 3.05) is 0 Å². The molecule has 106 valence electrons. The van der Waals surface area contributed by atoms with Crippen LogP contribution in [0.5, 0.6) is 0 Å². The van der Waals surface area contributed by atoms with E-state index >= 15 is 0 Å². The molecule has 0 aromatic rings. The Morgan fingerprint density at radius 1 is 1.06 bits per heavy atom. The standard InChI is InChI=1S/C16H28F2/c1-11(2)14-5-4-13(9-14)8-12(3)15-6-7-16(17,18)10-15/h11-15H,4-10H2,1-3H3. The van der Waals surface area contributed by atoms with Crippen LogP contribution in [-0.4, -0.2) is 5.92 Å². The molecule has 2 heteroatoms. The zero-order chi connectivity index (χ0) is 13.3. The van der Waals surface area contributed by atoms with Gasteiger partial charge in [-0.05, 0) is 55.3 Å². The minimum absolute atomic E-state index is 0.126. The van der Waals surface area contributed by atoms with Crippen LogP contribution >= 0.6 is 0 Å². The Morgan fingerprint density at radius 3 is 2.28 bits per heavy atom. The minimum atomic E-state index is -2.37. The van der Waals surface area contributed by atoms with Crippen LogP contribution in [0.3, 0.4) is 0 Å². The van der Waals surface area contributed by atoms with Gasteiger partial charge in [0.25, 0.3) is 0 Å². The Bertz CT molecular complexity index is 272. The molecule has 4 unspecified atom stereocenters. The van der Waals surface area contributed by atoms with Gasteiger partial charge in [0, 0.05) is 12.8 Å². The molecule has 0 aromatic heterocycles. The Hall–Kier alpha value is -0.140. The van der Waals surface area contributed by atoms with Crippen molar-refractivity contribution in [3.05, 3.63) is 0 Å². The van der Waals surface area contributed by atoms with Crippen LogP contribution in [0.25, 0.3) is 0 Å². The van der Waals surface area contributed by atoms with Crippen molar-refractivity contribution in [2.45, 2.75) is 71.6 Å². The lowest BCUT2D eigenvalue weighted by molar-refractivity contribution is 0.00199. The van der Waals surface area contributed by atoms with Gasteiger partial charge in [0.1, 0.15) is 0 Å². The fraction of sp³-hybridized carbons (Fsp3) is 1.00. The quantitative estimate of drug-likeness (QED) is 0.622. The zero-order valence-electron chi connectivity index (χ0n) is 12.1. The summed E-state index contributed by atoms with van der Waals surface area (Å²) in [4.78, 5) is 0. The summed E-state index contributed by atoms with van der Waals surface area (Å²) in [5.41, 5.74) is 0. The van der Waals surface area contributed by atoms with E-state index < -0.39 is 5.92 Å². The average molecular weight is 258 g/mol. The maximum atomic E-state index is 13.2. The van der Waals surface area contributed by atoms with Gasteiger partial charge < -0.3 is 0 Å². The summed E-state index contributed by atoms with van der Waals surface area (Å²) < 4.78 is 26.5. The van der Waals surface area contributed by atoms with Gasteiger partial charge in [-0.1, -0.05) is 27.2 Å². The van der Waals surface area contributed by atoms with Crippen LogP contribution in [0.2, 0.25) is 0 Å². The number of hydrogen-bond donors (Lipinski definition) is 0. The molecular formula is C16H28F2. The Kier molecular flexibility index (Phi) is 4.33. The highest BCUT2D eigenvalue weighted by molar-refractivity contribution is 4.86. The molecule has 4 atom stereocenters. The molecule has 0 radical (unpaired) electrons. The molecule has 2 rings (SSSR count). The van der Waals surface area contributed by atoms with Crippen molar-refractivity contribution in [1.29, 1.82) is 0 Å². The second kappa shape index (κ2) is 5.46. The summed E-state index contributed by atoms with van der Waals surface area (Å²) >= 11 is 0. The number of hydrogen-bond acceptors (Lipinski definition) is 0. The smallest absolute Gasteiger partial charge is 0.207 e. The largest absolute Gasteiger partial charge is 0.248 e. The molecule has 0 spiro atoms. The van der Waals surface area contributed by atoms with Gasteiger partial charge in [0.15, 0.2) is 0 Å². The van der Waals surface area contributed by atoms with Gasteiger partial charge >= 0.3 is 0 Å². The highest BCUT2D eigenvalue weighted by Crippen LogP contribution is 2.46. The number of halogens is 2. The molecule has 2 fully saturated rings. The molecule has 0 heterocycles. The monoisotopic (exact) mass is 258 g/mol. The first-order chi connectivity index (χ1) is 8.37. The minimum Gasteiger partial charge on any atom is -0.207 e. The molecule has 0 amide bonds. The topological polar surface area (TPSA) is 0 Å². The molecule has 0 N–H and O–H groups in total. The second-order valence-electron chi connectivity index (χ2n) is 7.25. The molecule has 0 saturated heterocycles. The number of rotatable bonds is 4. The van der Waals surface area contributed by atoms with E-state index in [0.29, 0.717) is 5.92 Å². The predicted molar refractivity (Wildman–Crippen MR) is 71.7 cm³/mol. The van der Waals surface area contributed by atoms with Gasteiger partial charge in [-0.15, -0.1) is 0 Å². The van der Waals surface area contributed by atoms with Crippen LogP contribution in [0.15, 0.2) is 0 Å². The summed E-state index contributed by atoms with van der Waals surface area (Å²) in [6.45, 7) is 6.83. The van der Waals surface area contributed by atoms with E-state index in [1.807, 2.05) is 0 Å². The molecule has 0 nitrogen and oxygen atoms in total. The van der Waals surface area contributed by atoms with Crippen molar-refractivity contribution < 1.29 is 8.78 Å². The lowest BCUT2D eigenvalue weighted by Gasteiger charge is -2.23. The van der Waals surface area contributed by atoms with Crippen molar-refractivity contribution in [3.8, 4) is 0 Å². The van der Waals surface area contributed by atoms with Crippen molar-refractivity contribution in [1.82, 2.24) is 0 Å². The Balaban J connectivity index is 1.77. The maximum Gasteiger partial charge on any atom is 0.248 e.